The second-order valence-corrected chi connectivity index (χ2v) is 4.74. The lowest BCUT2D eigenvalue weighted by Crippen LogP contribution is -2.38. The van der Waals surface area contributed by atoms with Crippen molar-refractivity contribution in [2.45, 2.75) is 6.54 Å². The van der Waals surface area contributed by atoms with Gasteiger partial charge in [-0.3, -0.25) is 4.79 Å². The van der Waals surface area contributed by atoms with E-state index in [0.717, 1.165) is 13.1 Å². The lowest BCUT2D eigenvalue weighted by Gasteiger charge is -2.17. The fourth-order valence-corrected chi connectivity index (χ4v) is 1.80. The molecular formula is C15H27Cl2N3O2. The van der Waals surface area contributed by atoms with Gasteiger partial charge < -0.3 is 20.3 Å². The van der Waals surface area contributed by atoms with Gasteiger partial charge in [0.25, 0.3) is 0 Å². The minimum atomic E-state index is 0. The van der Waals surface area contributed by atoms with E-state index in [1.807, 2.05) is 18.2 Å². The van der Waals surface area contributed by atoms with Crippen molar-refractivity contribution in [2.75, 3.05) is 46.9 Å². The lowest BCUT2D eigenvalue weighted by molar-refractivity contribution is -0.120. The molecule has 0 heterocycles. The topological polar surface area (TPSA) is 53.6 Å². The van der Waals surface area contributed by atoms with Crippen molar-refractivity contribution in [2.24, 2.45) is 0 Å². The number of methoxy groups -OCH3 is 1. The van der Waals surface area contributed by atoms with Crippen LogP contribution in [0.3, 0.4) is 0 Å². The molecule has 7 heteroatoms. The minimum absolute atomic E-state index is 0. The summed E-state index contributed by atoms with van der Waals surface area (Å²) >= 11 is 0. The molecular weight excluding hydrogens is 325 g/mol. The van der Waals surface area contributed by atoms with Crippen molar-refractivity contribution in [1.82, 2.24) is 15.5 Å². The molecule has 0 aliphatic heterocycles. The van der Waals surface area contributed by atoms with Gasteiger partial charge in [0.1, 0.15) is 0 Å². The molecule has 0 unspecified atom stereocenters. The molecule has 1 aromatic carbocycles. The Morgan fingerprint density at radius 1 is 1.18 bits per heavy atom. The van der Waals surface area contributed by atoms with Crippen LogP contribution in [0.15, 0.2) is 30.3 Å². The fourth-order valence-electron chi connectivity index (χ4n) is 1.80. The standard InChI is InChI=1S/C15H25N3O2.2ClH/c1-18(13-14-6-4-3-5-7-14)10-8-17-15(19)12-16-9-11-20-2;;/h3-7,16H,8-13H2,1-2H3,(H,17,19);2*1H. The Morgan fingerprint density at radius 2 is 1.86 bits per heavy atom. The first-order chi connectivity index (χ1) is 9.72. The Bertz CT molecular complexity index is 380. The molecule has 128 valence electrons. The van der Waals surface area contributed by atoms with Crippen LogP contribution in [0, 0.1) is 0 Å². The number of nitrogens with one attached hydrogen (secondary N) is 2. The third-order valence-corrected chi connectivity index (χ3v) is 2.88. The van der Waals surface area contributed by atoms with E-state index < -0.39 is 0 Å². The quantitative estimate of drug-likeness (QED) is 0.624. The molecule has 0 atom stereocenters. The summed E-state index contributed by atoms with van der Waals surface area (Å²) in [6.45, 7) is 4.03. The summed E-state index contributed by atoms with van der Waals surface area (Å²) in [5.41, 5.74) is 1.28. The van der Waals surface area contributed by atoms with Crippen molar-refractivity contribution in [3.05, 3.63) is 35.9 Å². The molecule has 0 saturated carbocycles. The average molecular weight is 352 g/mol. The van der Waals surface area contributed by atoms with Crippen LogP contribution in [-0.2, 0) is 16.1 Å². The SMILES string of the molecule is COCCNCC(=O)NCCN(C)Cc1ccccc1.Cl.Cl. The molecule has 1 aromatic rings. The third-order valence-electron chi connectivity index (χ3n) is 2.88. The van der Waals surface area contributed by atoms with Crippen molar-refractivity contribution in [3.8, 4) is 0 Å². The maximum Gasteiger partial charge on any atom is 0.234 e. The van der Waals surface area contributed by atoms with Crippen molar-refractivity contribution in [3.63, 3.8) is 0 Å². The maximum atomic E-state index is 11.5. The van der Waals surface area contributed by atoms with Gasteiger partial charge in [-0.1, -0.05) is 30.3 Å². The summed E-state index contributed by atoms with van der Waals surface area (Å²) < 4.78 is 4.89. The Hall–Kier alpha value is -0.850. The van der Waals surface area contributed by atoms with Gasteiger partial charge >= 0.3 is 0 Å². The molecule has 5 nitrogen and oxygen atoms in total. The summed E-state index contributed by atoms with van der Waals surface area (Å²) in [6, 6.07) is 10.3. The van der Waals surface area contributed by atoms with Crippen molar-refractivity contribution < 1.29 is 9.53 Å². The number of carbonyl (C=O) groups excluding carboxylic acids is 1. The van der Waals surface area contributed by atoms with E-state index in [0.29, 0.717) is 26.2 Å². The number of hydrogen-bond acceptors (Lipinski definition) is 4. The number of carbonyl (C=O) groups is 1. The summed E-state index contributed by atoms with van der Waals surface area (Å²) in [6.07, 6.45) is 0. The fraction of sp³-hybridized carbons (Fsp3) is 0.533. The average Bonchev–Trinajstić information content (AvgIpc) is 2.45. The largest absolute Gasteiger partial charge is 0.383 e. The Labute approximate surface area is 145 Å². The highest BCUT2D eigenvalue weighted by atomic mass is 35.5. The van der Waals surface area contributed by atoms with E-state index in [-0.39, 0.29) is 30.7 Å². The Balaban J connectivity index is 0. The molecule has 0 fully saturated rings. The molecule has 0 radical (unpaired) electrons. The molecule has 0 spiro atoms. The number of halogens is 2. The summed E-state index contributed by atoms with van der Waals surface area (Å²) in [7, 11) is 3.69. The normalized spacial score (nSPS) is 9.77. The summed E-state index contributed by atoms with van der Waals surface area (Å²) in [5.74, 6) is 0.0224. The van der Waals surface area contributed by atoms with Crippen LogP contribution in [0.5, 0.6) is 0 Å². The predicted octanol–water partition coefficient (Wildman–Crippen LogP) is 1.31. The summed E-state index contributed by atoms with van der Waals surface area (Å²) in [4.78, 5) is 13.7. The smallest absolute Gasteiger partial charge is 0.234 e. The van der Waals surface area contributed by atoms with Crippen molar-refractivity contribution >= 4 is 30.7 Å². The Morgan fingerprint density at radius 3 is 2.50 bits per heavy atom. The van der Waals surface area contributed by atoms with Crippen LogP contribution < -0.4 is 10.6 Å². The van der Waals surface area contributed by atoms with Crippen LogP contribution in [-0.4, -0.2) is 57.8 Å². The van der Waals surface area contributed by atoms with Gasteiger partial charge in [-0.25, -0.2) is 0 Å². The van der Waals surface area contributed by atoms with Crippen LogP contribution in [0.25, 0.3) is 0 Å². The molecule has 1 amide bonds. The molecule has 0 aliphatic carbocycles. The molecule has 0 bridgehead atoms. The van der Waals surface area contributed by atoms with Crippen molar-refractivity contribution in [1.29, 1.82) is 0 Å². The number of amides is 1. The van der Waals surface area contributed by atoms with Gasteiger partial charge in [-0.15, -0.1) is 24.8 Å². The monoisotopic (exact) mass is 351 g/mol. The number of rotatable bonds is 10. The molecule has 1 rings (SSSR count). The first kappa shape index (κ1) is 23.4. The highest BCUT2D eigenvalue weighted by Gasteiger charge is 2.02. The van der Waals surface area contributed by atoms with E-state index in [2.05, 4.69) is 34.7 Å². The van der Waals surface area contributed by atoms with Crippen LogP contribution in [0.1, 0.15) is 5.56 Å². The van der Waals surface area contributed by atoms with E-state index in [4.69, 9.17) is 4.74 Å². The van der Waals surface area contributed by atoms with Gasteiger partial charge in [-0.05, 0) is 12.6 Å². The third kappa shape index (κ3) is 11.8. The molecule has 0 aromatic heterocycles. The first-order valence-corrected chi connectivity index (χ1v) is 6.91. The predicted molar refractivity (Wildman–Crippen MR) is 95.0 cm³/mol. The van der Waals surface area contributed by atoms with E-state index in [9.17, 15) is 4.79 Å². The van der Waals surface area contributed by atoms with E-state index in [1.54, 1.807) is 7.11 Å². The van der Waals surface area contributed by atoms with Gasteiger partial charge in [0.2, 0.25) is 5.91 Å². The zero-order valence-electron chi connectivity index (χ0n) is 13.2. The highest BCUT2D eigenvalue weighted by Crippen LogP contribution is 2.01. The Kier molecular flexibility index (Phi) is 16.0. The van der Waals surface area contributed by atoms with Crippen LogP contribution in [0.4, 0.5) is 0 Å². The van der Waals surface area contributed by atoms with Gasteiger partial charge in [-0.2, -0.15) is 0 Å². The second kappa shape index (κ2) is 15.1. The zero-order chi connectivity index (χ0) is 14.6. The summed E-state index contributed by atoms with van der Waals surface area (Å²) in [5, 5.41) is 5.91. The van der Waals surface area contributed by atoms with Gasteiger partial charge in [0, 0.05) is 33.3 Å². The van der Waals surface area contributed by atoms with Crippen LogP contribution >= 0.6 is 24.8 Å². The van der Waals surface area contributed by atoms with Gasteiger partial charge in [0.15, 0.2) is 0 Å². The molecule has 0 saturated heterocycles. The number of ether oxygens (including phenoxy) is 1. The minimum Gasteiger partial charge on any atom is -0.383 e. The maximum absolute atomic E-state index is 11.5. The number of hydrogen-bond donors (Lipinski definition) is 2. The zero-order valence-corrected chi connectivity index (χ0v) is 14.8. The number of benzene rings is 1. The second-order valence-electron chi connectivity index (χ2n) is 4.74. The first-order valence-electron chi connectivity index (χ1n) is 6.91. The van der Waals surface area contributed by atoms with Crippen LogP contribution in [0.2, 0.25) is 0 Å². The highest BCUT2D eigenvalue weighted by molar-refractivity contribution is 5.85. The molecule has 2 N–H and O–H groups in total. The molecule has 0 aliphatic rings. The number of likely N-dealkylation sites (N-methyl/N-ethyl adjacent to an activating group) is 1. The van der Waals surface area contributed by atoms with E-state index in [1.165, 1.54) is 5.56 Å². The van der Waals surface area contributed by atoms with E-state index >= 15 is 0 Å². The van der Waals surface area contributed by atoms with Gasteiger partial charge in [0.05, 0.1) is 13.2 Å². The molecule has 22 heavy (non-hydrogen) atoms. The lowest BCUT2D eigenvalue weighted by atomic mass is 10.2. The number of nitrogens with zero attached hydrogens (tertiary/aromatic N) is 1.